The van der Waals surface area contributed by atoms with Crippen molar-refractivity contribution < 1.29 is 24.2 Å². The molecule has 0 spiro atoms. The van der Waals surface area contributed by atoms with Gasteiger partial charge in [0.25, 0.3) is 0 Å². The molecule has 2 atom stereocenters. The number of rotatable bonds is 7. The molecular formula is C12H20N2O5. The third-order valence-corrected chi connectivity index (χ3v) is 3.41. The Morgan fingerprint density at radius 1 is 1.42 bits per heavy atom. The average Bonchev–Trinajstić information content (AvgIpc) is 2.30. The van der Waals surface area contributed by atoms with E-state index in [1.165, 1.54) is 7.11 Å². The first-order valence-corrected chi connectivity index (χ1v) is 6.26. The number of esters is 1. The van der Waals surface area contributed by atoms with E-state index in [2.05, 4.69) is 15.4 Å². The number of methoxy groups -OCH3 is 1. The Bertz CT molecular complexity index is 354. The summed E-state index contributed by atoms with van der Waals surface area (Å²) in [6.07, 6.45) is -0.00348. The van der Waals surface area contributed by atoms with Gasteiger partial charge in [0.15, 0.2) is 0 Å². The van der Waals surface area contributed by atoms with Crippen molar-refractivity contribution in [3.63, 3.8) is 0 Å². The van der Waals surface area contributed by atoms with Gasteiger partial charge in [-0.25, -0.2) is 4.79 Å². The van der Waals surface area contributed by atoms with Crippen LogP contribution in [0.5, 0.6) is 0 Å². The fourth-order valence-electron chi connectivity index (χ4n) is 1.80. The number of carboxylic acid groups (broad SMARTS) is 1. The highest BCUT2D eigenvalue weighted by Crippen LogP contribution is 2.16. The van der Waals surface area contributed by atoms with Crippen LogP contribution >= 0.6 is 0 Å². The lowest BCUT2D eigenvalue weighted by Gasteiger charge is -2.32. The summed E-state index contributed by atoms with van der Waals surface area (Å²) in [5.74, 6) is -1.91. The fourth-order valence-corrected chi connectivity index (χ4v) is 1.80. The SMILES string of the molecule is COC(=O)CC[C@@H](NC(=O)C(C)C1CNC1)C(=O)O. The number of aliphatic carboxylic acids is 1. The molecule has 0 aromatic carbocycles. The van der Waals surface area contributed by atoms with Gasteiger partial charge in [0.1, 0.15) is 6.04 Å². The maximum absolute atomic E-state index is 11.9. The zero-order valence-corrected chi connectivity index (χ0v) is 11.1. The van der Waals surface area contributed by atoms with E-state index in [1.807, 2.05) is 0 Å². The van der Waals surface area contributed by atoms with Crippen molar-refractivity contribution >= 4 is 17.8 Å². The number of carboxylic acids is 1. The van der Waals surface area contributed by atoms with Crippen molar-refractivity contribution in [3.8, 4) is 0 Å². The number of amides is 1. The molecule has 1 fully saturated rings. The predicted molar refractivity (Wildman–Crippen MR) is 66.3 cm³/mol. The summed E-state index contributed by atoms with van der Waals surface area (Å²) in [5, 5.41) is 14.6. The van der Waals surface area contributed by atoms with Crippen molar-refractivity contribution in [2.45, 2.75) is 25.8 Å². The molecule has 0 saturated carbocycles. The van der Waals surface area contributed by atoms with Gasteiger partial charge in [-0.2, -0.15) is 0 Å². The van der Waals surface area contributed by atoms with Crippen LogP contribution in [-0.4, -0.2) is 49.2 Å². The quantitative estimate of drug-likeness (QED) is 0.533. The first-order chi connectivity index (χ1) is 8.95. The summed E-state index contributed by atoms with van der Waals surface area (Å²) >= 11 is 0. The van der Waals surface area contributed by atoms with E-state index in [-0.39, 0.29) is 30.6 Å². The van der Waals surface area contributed by atoms with E-state index < -0.39 is 18.0 Å². The van der Waals surface area contributed by atoms with Crippen LogP contribution in [0.4, 0.5) is 0 Å². The molecule has 1 saturated heterocycles. The normalized spacial score (nSPS) is 18.0. The van der Waals surface area contributed by atoms with Gasteiger partial charge < -0.3 is 20.5 Å². The second kappa shape index (κ2) is 7.08. The Balaban J connectivity index is 2.45. The Morgan fingerprint density at radius 2 is 2.05 bits per heavy atom. The Morgan fingerprint density at radius 3 is 2.47 bits per heavy atom. The Kier molecular flexibility index (Phi) is 5.75. The molecule has 19 heavy (non-hydrogen) atoms. The molecule has 1 unspecified atom stereocenters. The lowest BCUT2D eigenvalue weighted by atomic mass is 9.88. The topological polar surface area (TPSA) is 105 Å². The summed E-state index contributed by atoms with van der Waals surface area (Å²) in [7, 11) is 1.24. The van der Waals surface area contributed by atoms with Gasteiger partial charge >= 0.3 is 11.9 Å². The molecule has 7 heteroatoms. The number of nitrogens with one attached hydrogen (secondary N) is 2. The van der Waals surface area contributed by atoms with E-state index in [1.54, 1.807) is 6.92 Å². The van der Waals surface area contributed by atoms with Crippen molar-refractivity contribution in [1.29, 1.82) is 0 Å². The third kappa shape index (κ3) is 4.51. The molecule has 1 aliphatic heterocycles. The van der Waals surface area contributed by atoms with Gasteiger partial charge in [0, 0.05) is 12.3 Å². The van der Waals surface area contributed by atoms with Crippen molar-refractivity contribution in [1.82, 2.24) is 10.6 Å². The molecule has 1 aliphatic rings. The van der Waals surface area contributed by atoms with Crippen LogP contribution in [-0.2, 0) is 19.1 Å². The highest BCUT2D eigenvalue weighted by Gasteiger charge is 2.31. The fraction of sp³-hybridized carbons (Fsp3) is 0.750. The van der Waals surface area contributed by atoms with Crippen LogP contribution in [0, 0.1) is 11.8 Å². The molecule has 0 aliphatic carbocycles. The average molecular weight is 272 g/mol. The molecule has 3 N–H and O–H groups in total. The molecule has 0 aromatic heterocycles. The number of hydrogen-bond acceptors (Lipinski definition) is 5. The zero-order chi connectivity index (χ0) is 14.4. The van der Waals surface area contributed by atoms with Gasteiger partial charge in [0.05, 0.1) is 7.11 Å². The summed E-state index contributed by atoms with van der Waals surface area (Å²) in [6, 6.07) is -1.05. The van der Waals surface area contributed by atoms with Crippen molar-refractivity contribution in [2.75, 3.05) is 20.2 Å². The lowest BCUT2D eigenvalue weighted by molar-refractivity contribution is -0.144. The van der Waals surface area contributed by atoms with Crippen LogP contribution in [0.25, 0.3) is 0 Å². The van der Waals surface area contributed by atoms with Crippen molar-refractivity contribution in [3.05, 3.63) is 0 Å². The van der Waals surface area contributed by atoms with Gasteiger partial charge in [-0.15, -0.1) is 0 Å². The monoisotopic (exact) mass is 272 g/mol. The van der Waals surface area contributed by atoms with Crippen LogP contribution in [0.3, 0.4) is 0 Å². The second-order valence-corrected chi connectivity index (χ2v) is 4.72. The minimum absolute atomic E-state index is 0.0311. The van der Waals surface area contributed by atoms with Crippen LogP contribution < -0.4 is 10.6 Å². The molecule has 108 valence electrons. The van der Waals surface area contributed by atoms with Crippen molar-refractivity contribution in [2.24, 2.45) is 11.8 Å². The maximum atomic E-state index is 11.9. The zero-order valence-electron chi connectivity index (χ0n) is 11.1. The van der Waals surface area contributed by atoms with Crippen LogP contribution in [0.2, 0.25) is 0 Å². The summed E-state index contributed by atoms with van der Waals surface area (Å²) in [6.45, 7) is 3.32. The van der Waals surface area contributed by atoms with Crippen LogP contribution in [0.15, 0.2) is 0 Å². The highest BCUT2D eigenvalue weighted by atomic mass is 16.5. The third-order valence-electron chi connectivity index (χ3n) is 3.41. The summed E-state index contributed by atoms with van der Waals surface area (Å²) in [5.41, 5.74) is 0. The van der Waals surface area contributed by atoms with Gasteiger partial charge in [-0.1, -0.05) is 6.92 Å². The number of hydrogen-bond donors (Lipinski definition) is 3. The minimum atomic E-state index is -1.14. The first kappa shape index (κ1) is 15.4. The molecular weight excluding hydrogens is 252 g/mol. The number of ether oxygens (including phenoxy) is 1. The van der Waals surface area contributed by atoms with E-state index in [0.717, 1.165) is 13.1 Å². The first-order valence-electron chi connectivity index (χ1n) is 6.26. The van der Waals surface area contributed by atoms with E-state index >= 15 is 0 Å². The molecule has 0 radical (unpaired) electrons. The van der Waals surface area contributed by atoms with Gasteiger partial charge in [0.2, 0.25) is 5.91 Å². The number of carbonyl (C=O) groups is 3. The molecule has 1 heterocycles. The van der Waals surface area contributed by atoms with Crippen LogP contribution in [0.1, 0.15) is 19.8 Å². The molecule has 0 aromatic rings. The van der Waals surface area contributed by atoms with E-state index in [0.29, 0.717) is 0 Å². The summed E-state index contributed by atoms with van der Waals surface area (Å²) < 4.78 is 4.44. The largest absolute Gasteiger partial charge is 0.480 e. The summed E-state index contributed by atoms with van der Waals surface area (Å²) in [4.78, 5) is 33.9. The second-order valence-electron chi connectivity index (χ2n) is 4.72. The lowest BCUT2D eigenvalue weighted by Crippen LogP contribution is -2.52. The van der Waals surface area contributed by atoms with E-state index in [9.17, 15) is 14.4 Å². The molecule has 7 nitrogen and oxygen atoms in total. The smallest absolute Gasteiger partial charge is 0.326 e. The minimum Gasteiger partial charge on any atom is -0.480 e. The molecule has 0 bridgehead atoms. The maximum Gasteiger partial charge on any atom is 0.326 e. The number of carbonyl (C=O) groups excluding carboxylic acids is 2. The predicted octanol–water partition coefficient (Wildman–Crippen LogP) is -0.635. The standard InChI is InChI=1S/C12H20N2O5/c1-7(8-5-13-6-8)11(16)14-9(12(17)18)3-4-10(15)19-2/h7-9,13H,3-6H2,1-2H3,(H,14,16)(H,17,18)/t7?,9-/m1/s1. The molecule has 1 rings (SSSR count). The molecule has 1 amide bonds. The Hall–Kier alpha value is -1.63. The Labute approximate surface area is 111 Å². The highest BCUT2D eigenvalue weighted by molar-refractivity contribution is 5.85. The van der Waals surface area contributed by atoms with E-state index in [4.69, 9.17) is 5.11 Å². The van der Waals surface area contributed by atoms with Gasteiger partial charge in [-0.3, -0.25) is 9.59 Å². The van der Waals surface area contributed by atoms with Gasteiger partial charge in [-0.05, 0) is 25.4 Å².